The van der Waals surface area contributed by atoms with Crippen molar-refractivity contribution in [2.24, 2.45) is 5.92 Å². The highest BCUT2D eigenvalue weighted by molar-refractivity contribution is 5.95. The van der Waals surface area contributed by atoms with Gasteiger partial charge in [-0.3, -0.25) is 9.78 Å². The summed E-state index contributed by atoms with van der Waals surface area (Å²) in [5.74, 6) is 0.379. The molecule has 5 nitrogen and oxygen atoms in total. The van der Waals surface area contributed by atoms with Crippen molar-refractivity contribution < 1.29 is 4.79 Å². The van der Waals surface area contributed by atoms with Crippen molar-refractivity contribution in [3.05, 3.63) is 72.4 Å². The lowest BCUT2D eigenvalue weighted by Gasteiger charge is -2.09. The van der Waals surface area contributed by atoms with Crippen LogP contribution in [0, 0.1) is 5.92 Å². The first kappa shape index (κ1) is 16.9. The van der Waals surface area contributed by atoms with Crippen LogP contribution in [0.1, 0.15) is 29.8 Å². The molecule has 0 aliphatic carbocycles. The lowest BCUT2D eigenvalue weighted by Crippen LogP contribution is -2.27. The second-order valence-corrected chi connectivity index (χ2v) is 6.47. The monoisotopic (exact) mass is 334 g/mol. The van der Waals surface area contributed by atoms with Gasteiger partial charge >= 0.3 is 0 Å². The molecular weight excluding hydrogens is 312 g/mol. The Labute approximate surface area is 147 Å². The summed E-state index contributed by atoms with van der Waals surface area (Å²) in [6, 6.07) is 11.6. The number of hydrogen-bond donors (Lipinski definition) is 1. The predicted molar refractivity (Wildman–Crippen MR) is 98.2 cm³/mol. The van der Waals surface area contributed by atoms with Crippen molar-refractivity contribution in [3.63, 3.8) is 0 Å². The van der Waals surface area contributed by atoms with Crippen LogP contribution in [0.15, 0.2) is 61.3 Å². The first-order chi connectivity index (χ1) is 12.1. The number of aromatic nitrogens is 3. The highest BCUT2D eigenvalue weighted by atomic mass is 16.1. The molecule has 0 radical (unpaired) electrons. The van der Waals surface area contributed by atoms with Crippen molar-refractivity contribution in [2.45, 2.75) is 20.4 Å². The molecule has 0 atom stereocenters. The molecule has 0 saturated heterocycles. The van der Waals surface area contributed by atoms with Crippen LogP contribution in [0.3, 0.4) is 0 Å². The largest absolute Gasteiger partial charge is 0.352 e. The average Bonchev–Trinajstić information content (AvgIpc) is 3.13. The van der Waals surface area contributed by atoms with Crippen LogP contribution in [-0.4, -0.2) is 27.0 Å². The number of carbonyl (C=O) groups excluding carboxylic acids is 1. The summed E-state index contributed by atoms with van der Waals surface area (Å²) in [6.07, 6.45) is 7.33. The highest BCUT2D eigenvalue weighted by Gasteiger charge is 2.08. The quantitative estimate of drug-likeness (QED) is 0.752. The molecule has 128 valence electrons. The van der Waals surface area contributed by atoms with E-state index in [1.807, 2.05) is 53.4 Å². The molecule has 25 heavy (non-hydrogen) atoms. The fraction of sp³-hybridized carbons (Fsp3) is 0.250. The summed E-state index contributed by atoms with van der Waals surface area (Å²) < 4.78 is 2.00. The van der Waals surface area contributed by atoms with E-state index in [0.29, 0.717) is 18.0 Å². The fourth-order valence-corrected chi connectivity index (χ4v) is 2.50. The average molecular weight is 334 g/mol. The van der Waals surface area contributed by atoms with Crippen LogP contribution in [0.4, 0.5) is 0 Å². The number of hydrogen-bond acceptors (Lipinski definition) is 3. The highest BCUT2D eigenvalue weighted by Crippen LogP contribution is 2.19. The number of rotatable bonds is 6. The van der Waals surface area contributed by atoms with Gasteiger partial charge in [-0.15, -0.1) is 0 Å². The topological polar surface area (TPSA) is 59.8 Å². The SMILES string of the molecule is CC(C)CNC(=O)c1cccc(-c2ccc(Cn3ccnc3)cn2)c1. The zero-order valence-corrected chi connectivity index (χ0v) is 14.5. The number of carbonyl (C=O) groups is 1. The smallest absolute Gasteiger partial charge is 0.251 e. The van der Waals surface area contributed by atoms with E-state index in [0.717, 1.165) is 23.4 Å². The summed E-state index contributed by atoms with van der Waals surface area (Å²) in [7, 11) is 0. The second-order valence-electron chi connectivity index (χ2n) is 6.47. The number of nitrogens with one attached hydrogen (secondary N) is 1. The van der Waals surface area contributed by atoms with Crippen LogP contribution in [0.25, 0.3) is 11.3 Å². The summed E-state index contributed by atoms with van der Waals surface area (Å²) in [4.78, 5) is 20.8. The molecule has 0 unspecified atom stereocenters. The third-order valence-electron chi connectivity index (χ3n) is 3.84. The van der Waals surface area contributed by atoms with Crippen molar-refractivity contribution in [1.82, 2.24) is 19.9 Å². The van der Waals surface area contributed by atoms with E-state index in [9.17, 15) is 4.79 Å². The van der Waals surface area contributed by atoms with Crippen molar-refractivity contribution in [3.8, 4) is 11.3 Å². The van der Waals surface area contributed by atoms with E-state index >= 15 is 0 Å². The van der Waals surface area contributed by atoms with Crippen molar-refractivity contribution in [2.75, 3.05) is 6.54 Å². The van der Waals surface area contributed by atoms with Gasteiger partial charge in [0.1, 0.15) is 0 Å². The van der Waals surface area contributed by atoms with Gasteiger partial charge in [-0.1, -0.05) is 32.0 Å². The van der Waals surface area contributed by atoms with Crippen LogP contribution >= 0.6 is 0 Å². The van der Waals surface area contributed by atoms with Gasteiger partial charge in [0.05, 0.1) is 12.0 Å². The van der Waals surface area contributed by atoms with Crippen LogP contribution in [0.5, 0.6) is 0 Å². The molecule has 2 aromatic heterocycles. The Morgan fingerprint density at radius 1 is 1.24 bits per heavy atom. The third kappa shape index (κ3) is 4.53. The van der Waals surface area contributed by atoms with Gasteiger partial charge in [0.2, 0.25) is 0 Å². The van der Waals surface area contributed by atoms with Crippen LogP contribution in [-0.2, 0) is 6.54 Å². The van der Waals surface area contributed by atoms with Gasteiger partial charge in [0.25, 0.3) is 5.91 Å². The van der Waals surface area contributed by atoms with E-state index < -0.39 is 0 Å². The number of imidazole rings is 1. The number of benzene rings is 1. The molecule has 0 aliphatic heterocycles. The normalized spacial score (nSPS) is 10.8. The Bertz CT molecular complexity index is 823. The summed E-state index contributed by atoms with van der Waals surface area (Å²) in [5.41, 5.74) is 3.55. The first-order valence-electron chi connectivity index (χ1n) is 8.41. The molecule has 5 heteroatoms. The molecule has 0 saturated carbocycles. The Morgan fingerprint density at radius 3 is 2.80 bits per heavy atom. The standard InChI is InChI=1S/C20H22N4O/c1-15(2)11-23-20(25)18-5-3-4-17(10-18)19-7-6-16(12-22-19)13-24-9-8-21-14-24/h3-10,12,14-15H,11,13H2,1-2H3,(H,23,25). The maximum absolute atomic E-state index is 12.2. The van der Waals surface area contributed by atoms with Gasteiger partial charge in [0, 0.05) is 42.8 Å². The number of pyridine rings is 1. The Hall–Kier alpha value is -2.95. The molecule has 3 aromatic rings. The molecular formula is C20H22N4O. The summed E-state index contributed by atoms with van der Waals surface area (Å²) >= 11 is 0. The van der Waals surface area contributed by atoms with Gasteiger partial charge in [-0.25, -0.2) is 4.98 Å². The molecule has 0 fully saturated rings. The number of nitrogens with zero attached hydrogens (tertiary/aromatic N) is 3. The van der Waals surface area contributed by atoms with Crippen LogP contribution in [0.2, 0.25) is 0 Å². The fourth-order valence-electron chi connectivity index (χ4n) is 2.50. The maximum atomic E-state index is 12.2. The molecule has 0 aliphatic rings. The molecule has 0 spiro atoms. The van der Waals surface area contributed by atoms with Crippen molar-refractivity contribution in [1.29, 1.82) is 0 Å². The molecule has 3 rings (SSSR count). The van der Waals surface area contributed by atoms with Crippen LogP contribution < -0.4 is 5.32 Å². The van der Waals surface area contributed by atoms with Gasteiger partial charge in [-0.2, -0.15) is 0 Å². The zero-order valence-electron chi connectivity index (χ0n) is 14.5. The van der Waals surface area contributed by atoms with Gasteiger partial charge < -0.3 is 9.88 Å². The van der Waals surface area contributed by atoms with E-state index in [-0.39, 0.29) is 5.91 Å². The van der Waals surface area contributed by atoms with Gasteiger partial charge in [-0.05, 0) is 29.7 Å². The Balaban J connectivity index is 1.73. The summed E-state index contributed by atoms with van der Waals surface area (Å²) in [5, 5.41) is 2.94. The Kier molecular flexibility index (Phi) is 5.23. The summed E-state index contributed by atoms with van der Waals surface area (Å²) in [6.45, 7) is 5.56. The van der Waals surface area contributed by atoms with E-state index in [4.69, 9.17) is 0 Å². The second kappa shape index (κ2) is 7.75. The molecule has 2 heterocycles. The van der Waals surface area contributed by atoms with E-state index in [2.05, 4.69) is 29.1 Å². The maximum Gasteiger partial charge on any atom is 0.251 e. The lowest BCUT2D eigenvalue weighted by molar-refractivity contribution is 0.0949. The first-order valence-corrected chi connectivity index (χ1v) is 8.41. The predicted octanol–water partition coefficient (Wildman–Crippen LogP) is 3.38. The lowest BCUT2D eigenvalue weighted by atomic mass is 10.1. The third-order valence-corrected chi connectivity index (χ3v) is 3.84. The Morgan fingerprint density at radius 2 is 2.12 bits per heavy atom. The minimum absolute atomic E-state index is 0.0488. The minimum atomic E-state index is -0.0488. The van der Waals surface area contributed by atoms with Gasteiger partial charge in [0.15, 0.2) is 0 Å². The van der Waals surface area contributed by atoms with Crippen molar-refractivity contribution >= 4 is 5.91 Å². The zero-order chi connectivity index (χ0) is 17.6. The molecule has 0 bridgehead atoms. The molecule has 1 amide bonds. The van der Waals surface area contributed by atoms with E-state index in [1.165, 1.54) is 0 Å². The van der Waals surface area contributed by atoms with E-state index in [1.54, 1.807) is 12.5 Å². The minimum Gasteiger partial charge on any atom is -0.352 e. The number of amides is 1. The molecule has 1 N–H and O–H groups in total. The molecule has 1 aromatic carbocycles.